The lowest BCUT2D eigenvalue weighted by Gasteiger charge is -2.17. The molecule has 0 unspecified atom stereocenters. The molecule has 0 amide bonds. The molecule has 3 heterocycles. The van der Waals surface area contributed by atoms with Gasteiger partial charge in [0.1, 0.15) is 0 Å². The summed E-state index contributed by atoms with van der Waals surface area (Å²) in [7, 11) is -7.00. The van der Waals surface area contributed by atoms with Gasteiger partial charge in [0.2, 0.25) is 5.75 Å². The monoisotopic (exact) mass is 489 g/mol. The molecule has 0 aliphatic carbocycles. The van der Waals surface area contributed by atoms with Crippen molar-refractivity contribution in [3.63, 3.8) is 0 Å². The zero-order chi connectivity index (χ0) is 32.7. The summed E-state index contributed by atoms with van der Waals surface area (Å²) in [5.74, 6) is -3.85. The summed E-state index contributed by atoms with van der Waals surface area (Å²) in [4.78, 5) is 15.9. The maximum atomic E-state index is 13.5. The molecule has 0 atom stereocenters. The minimum atomic E-state index is -4.92. The van der Waals surface area contributed by atoms with Crippen LogP contribution in [0, 0.1) is 6.92 Å². The number of methoxy groups -OCH3 is 2. The van der Waals surface area contributed by atoms with Gasteiger partial charge in [0.05, 0.1) is 27.9 Å². The lowest BCUT2D eigenvalue weighted by molar-refractivity contribution is 0.348. The highest BCUT2D eigenvalue weighted by molar-refractivity contribution is 7.92. The number of ether oxygens (including phenoxy) is 3. The Labute approximate surface area is 210 Å². The fourth-order valence-corrected chi connectivity index (χ4v) is 3.38. The normalized spacial score (nSPS) is 15.6. The van der Waals surface area contributed by atoms with E-state index in [2.05, 4.69) is 24.7 Å². The van der Waals surface area contributed by atoms with E-state index < -0.39 is 93.5 Å². The Bertz CT molecular complexity index is 1880. The van der Waals surface area contributed by atoms with Crippen molar-refractivity contribution in [2.24, 2.45) is 0 Å². The fraction of sp³-hybridized carbons (Fsp3) is 0.130. The first kappa shape index (κ1) is 13.5. The van der Waals surface area contributed by atoms with Gasteiger partial charge in [0.25, 0.3) is 15.9 Å². The van der Waals surface area contributed by atoms with Gasteiger partial charge in [-0.3, -0.25) is 9.71 Å². The van der Waals surface area contributed by atoms with E-state index in [4.69, 9.17) is 27.9 Å². The number of pyridine rings is 2. The molecule has 4 aromatic rings. The Balaban J connectivity index is 2.00. The van der Waals surface area contributed by atoms with E-state index in [9.17, 15) is 8.42 Å². The number of nitrogens with one attached hydrogen (secondary N) is 1. The van der Waals surface area contributed by atoms with E-state index in [0.29, 0.717) is 5.56 Å². The van der Waals surface area contributed by atoms with Gasteiger partial charge in [-0.1, -0.05) is 18.1 Å². The third-order valence-corrected chi connectivity index (χ3v) is 5.23. The number of hydrogen-bond donors (Lipinski definition) is 1. The first-order valence-corrected chi connectivity index (χ1v) is 10.8. The first-order chi connectivity index (χ1) is 20.5. The standard InChI is InChI=1S/C23H21N5O5S/c1-15-8-9-19(25-14-15)34(29,30)28-22-20(33-18-7-5-4-6-17(18)31-2)23(32-3)27-21(26-22)16-10-12-24-13-11-16/h4-14H,1-3H3,(H,26,27,28)/i2D3,4D,5D,6D,7D,8D,9D,14D. The smallest absolute Gasteiger partial charge is 0.280 e. The predicted molar refractivity (Wildman–Crippen MR) is 125 cm³/mol. The molecule has 4 rings (SSSR count). The summed E-state index contributed by atoms with van der Waals surface area (Å²) in [5, 5.41) is -1.000. The maximum Gasteiger partial charge on any atom is 0.280 e. The van der Waals surface area contributed by atoms with E-state index in [0.717, 1.165) is 7.11 Å². The molecule has 0 saturated heterocycles. The minimum absolute atomic E-state index is 0.0401. The van der Waals surface area contributed by atoms with E-state index in [-0.39, 0.29) is 11.4 Å². The van der Waals surface area contributed by atoms with Crippen molar-refractivity contribution in [1.82, 2.24) is 19.9 Å². The number of nitrogens with zero attached hydrogens (tertiary/aromatic N) is 4. The molecular formula is C23H21N5O5S. The highest BCUT2D eigenvalue weighted by Gasteiger charge is 2.25. The van der Waals surface area contributed by atoms with Crippen molar-refractivity contribution in [2.45, 2.75) is 11.9 Å². The fourth-order valence-electron chi connectivity index (χ4n) is 2.54. The van der Waals surface area contributed by atoms with Crippen LogP contribution in [0.1, 0.15) is 19.3 Å². The Morgan fingerprint density at radius 2 is 1.79 bits per heavy atom. The largest absolute Gasteiger partial charge is 0.493 e. The Hall–Kier alpha value is -4.25. The van der Waals surface area contributed by atoms with Crippen LogP contribution in [-0.2, 0) is 10.0 Å². The summed E-state index contributed by atoms with van der Waals surface area (Å²) in [5.41, 5.74) is 0.275. The van der Waals surface area contributed by atoms with Gasteiger partial charge in [0, 0.05) is 24.1 Å². The number of aromatic nitrogens is 4. The molecule has 0 saturated carbocycles. The maximum absolute atomic E-state index is 13.5. The number of benzene rings is 1. The summed E-state index contributed by atoms with van der Waals surface area (Å²) in [6.07, 6.45) is 2.21. The van der Waals surface area contributed by atoms with Crippen LogP contribution in [0.5, 0.6) is 23.1 Å². The van der Waals surface area contributed by atoms with Gasteiger partial charge in [-0.15, -0.1) is 0 Å². The minimum Gasteiger partial charge on any atom is -0.493 e. The van der Waals surface area contributed by atoms with Crippen LogP contribution in [0.3, 0.4) is 0 Å². The molecule has 0 aliphatic rings. The summed E-state index contributed by atoms with van der Waals surface area (Å²) in [6.45, 7) is 1.32. The van der Waals surface area contributed by atoms with Gasteiger partial charge >= 0.3 is 0 Å². The predicted octanol–water partition coefficient (Wildman–Crippen LogP) is 3.85. The van der Waals surface area contributed by atoms with E-state index in [1.54, 1.807) is 0 Å². The third-order valence-electron chi connectivity index (χ3n) is 4.06. The summed E-state index contributed by atoms with van der Waals surface area (Å²) in [6, 6.07) is -1.93. The van der Waals surface area contributed by atoms with Crippen molar-refractivity contribution in [1.29, 1.82) is 0 Å². The van der Waals surface area contributed by atoms with Gasteiger partial charge in [-0.25, -0.2) is 9.97 Å². The molecule has 0 fully saturated rings. The molecule has 0 radical (unpaired) electrons. The molecule has 0 bridgehead atoms. The summed E-state index contributed by atoms with van der Waals surface area (Å²) < 4.78 is 124. The number of rotatable bonds is 8. The molecule has 10 nitrogen and oxygen atoms in total. The zero-order valence-corrected chi connectivity index (χ0v) is 18.4. The Morgan fingerprint density at radius 1 is 1.03 bits per heavy atom. The highest BCUT2D eigenvalue weighted by Crippen LogP contribution is 2.41. The Morgan fingerprint density at radius 3 is 2.53 bits per heavy atom. The molecule has 0 spiro atoms. The van der Waals surface area contributed by atoms with Gasteiger partial charge < -0.3 is 14.2 Å². The Kier molecular flexibility index (Phi) is 3.84. The van der Waals surface area contributed by atoms with Crippen molar-refractivity contribution < 1.29 is 36.3 Å². The molecule has 1 N–H and O–H groups in total. The molecule has 1 aromatic carbocycles. The van der Waals surface area contributed by atoms with Crippen LogP contribution < -0.4 is 18.9 Å². The third kappa shape index (κ3) is 4.89. The van der Waals surface area contributed by atoms with E-state index in [1.165, 1.54) is 31.5 Å². The lowest BCUT2D eigenvalue weighted by atomic mass is 10.2. The van der Waals surface area contributed by atoms with E-state index in [1.807, 2.05) is 0 Å². The van der Waals surface area contributed by atoms with Crippen LogP contribution in [0.15, 0.2) is 72.0 Å². The lowest BCUT2D eigenvalue weighted by Crippen LogP contribution is -2.17. The average molecular weight is 490 g/mol. The van der Waals surface area contributed by atoms with Crippen molar-refractivity contribution in [2.75, 3.05) is 18.9 Å². The summed E-state index contributed by atoms with van der Waals surface area (Å²) >= 11 is 0. The van der Waals surface area contributed by atoms with Crippen molar-refractivity contribution in [3.8, 4) is 34.5 Å². The van der Waals surface area contributed by atoms with Crippen molar-refractivity contribution in [3.05, 3.63) is 72.5 Å². The topological polar surface area (TPSA) is 125 Å². The average Bonchev–Trinajstić information content (AvgIpc) is 2.97. The SMILES string of the molecule is [2H]c1nc(S(=O)(=O)Nc2nc(-c3ccncc3)nc(OC)c2Oc2c([2H])c([2H])c([2H])c([2H])c2OC([2H])([2H])[2H])c([2H])c([2H])c1C. The molecule has 11 heteroatoms. The first-order valence-electron chi connectivity index (χ1n) is 14.3. The molecular weight excluding hydrogens is 458 g/mol. The highest BCUT2D eigenvalue weighted by atomic mass is 32.2. The van der Waals surface area contributed by atoms with Crippen LogP contribution >= 0.6 is 0 Å². The molecule has 3 aromatic heterocycles. The number of sulfonamides is 1. The quantitative estimate of drug-likeness (QED) is 0.393. The zero-order valence-electron chi connectivity index (χ0n) is 27.5. The molecule has 174 valence electrons. The second kappa shape index (κ2) is 9.71. The second-order valence-electron chi connectivity index (χ2n) is 6.34. The van der Waals surface area contributed by atoms with Gasteiger partial charge in [-0.05, 0) is 42.7 Å². The molecule has 34 heavy (non-hydrogen) atoms. The number of para-hydroxylation sites is 2. The van der Waals surface area contributed by atoms with Gasteiger partial charge in [-0.2, -0.15) is 13.4 Å². The van der Waals surface area contributed by atoms with Crippen LogP contribution in [0.25, 0.3) is 11.4 Å². The van der Waals surface area contributed by atoms with Gasteiger partial charge in [0.15, 0.2) is 28.2 Å². The second-order valence-corrected chi connectivity index (χ2v) is 7.94. The molecule has 0 aliphatic heterocycles. The van der Waals surface area contributed by atoms with Crippen molar-refractivity contribution >= 4 is 15.8 Å². The number of anilines is 1. The van der Waals surface area contributed by atoms with Crippen LogP contribution in [0.4, 0.5) is 5.82 Å². The van der Waals surface area contributed by atoms with Crippen LogP contribution in [0.2, 0.25) is 0 Å². The van der Waals surface area contributed by atoms with E-state index >= 15 is 0 Å². The van der Waals surface area contributed by atoms with Crippen LogP contribution in [-0.4, -0.2) is 42.5 Å². The number of hydrogen-bond acceptors (Lipinski definition) is 9.